The number of carbonyl (C=O) groups is 1. The first-order chi connectivity index (χ1) is 7.00. The lowest BCUT2D eigenvalue weighted by molar-refractivity contribution is -0.113. The van der Waals surface area contributed by atoms with Crippen LogP contribution in [0, 0.1) is 17.2 Å². The molecule has 82 valence electrons. The maximum Gasteiger partial charge on any atom is 0.241 e. The molecule has 1 atom stereocenters. The normalized spacial score (nSPS) is 19.2. The minimum Gasteiger partial charge on any atom is -0.366 e. The average molecular weight is 207 g/mol. The van der Waals surface area contributed by atoms with E-state index in [4.69, 9.17) is 11.1 Å². The van der Waals surface area contributed by atoms with Crippen molar-refractivity contribution in [3.8, 4) is 0 Å². The third-order valence-corrected chi connectivity index (χ3v) is 2.45. The molecule has 0 spiro atoms. The molecule has 0 aromatic rings. The highest BCUT2D eigenvalue weighted by molar-refractivity contribution is 5.99. The quantitative estimate of drug-likeness (QED) is 0.409. The van der Waals surface area contributed by atoms with Crippen LogP contribution in [0.15, 0.2) is 17.1 Å². The van der Waals surface area contributed by atoms with Gasteiger partial charge in [0.05, 0.1) is 0 Å². The van der Waals surface area contributed by atoms with Gasteiger partial charge in [-0.2, -0.15) is 0 Å². The number of nitrogens with two attached hydrogens (primary N) is 1. The first-order valence-corrected chi connectivity index (χ1v) is 5.12. The van der Waals surface area contributed by atoms with E-state index < -0.39 is 5.91 Å². The van der Waals surface area contributed by atoms with Crippen LogP contribution in [-0.2, 0) is 4.79 Å². The van der Waals surface area contributed by atoms with Crippen molar-refractivity contribution in [3.05, 3.63) is 12.2 Å². The molecule has 0 radical (unpaired) electrons. The van der Waals surface area contributed by atoms with E-state index >= 15 is 0 Å². The lowest BCUT2D eigenvalue weighted by Gasteiger charge is -2.04. The number of hydrogen-bond acceptors (Lipinski definition) is 2. The van der Waals surface area contributed by atoms with Crippen molar-refractivity contribution in [2.45, 2.75) is 26.7 Å². The Morgan fingerprint density at radius 2 is 2.20 bits per heavy atom. The molecule has 0 unspecified atom stereocenters. The second-order valence-electron chi connectivity index (χ2n) is 3.96. The molecule has 0 aromatic carbocycles. The molecule has 0 saturated heterocycles. The highest BCUT2D eigenvalue weighted by Crippen LogP contribution is 2.30. The Kier molecular flexibility index (Phi) is 3.77. The molecule has 1 saturated carbocycles. The van der Waals surface area contributed by atoms with Crippen molar-refractivity contribution < 1.29 is 4.79 Å². The number of hydrogen-bond donors (Lipinski definition) is 2. The Labute approximate surface area is 89.8 Å². The van der Waals surface area contributed by atoms with Crippen LogP contribution in [0.1, 0.15) is 26.7 Å². The summed E-state index contributed by atoms with van der Waals surface area (Å²) in [6.45, 7) is 3.78. The van der Waals surface area contributed by atoms with Crippen molar-refractivity contribution in [2.24, 2.45) is 22.6 Å². The minimum atomic E-state index is -0.488. The van der Waals surface area contributed by atoms with Gasteiger partial charge in [0.1, 0.15) is 5.84 Å². The third kappa shape index (κ3) is 4.06. The summed E-state index contributed by atoms with van der Waals surface area (Å²) < 4.78 is 0. The largest absolute Gasteiger partial charge is 0.366 e. The monoisotopic (exact) mass is 207 g/mol. The maximum atomic E-state index is 10.5. The lowest BCUT2D eigenvalue weighted by Crippen LogP contribution is -2.11. The molecule has 1 amide bonds. The van der Waals surface area contributed by atoms with Crippen LogP contribution in [0.3, 0.4) is 0 Å². The zero-order valence-corrected chi connectivity index (χ0v) is 9.16. The topological polar surface area (TPSA) is 79.3 Å². The molecular formula is C11H17N3O. The molecule has 0 aromatic heterocycles. The van der Waals surface area contributed by atoms with Gasteiger partial charge in [-0.15, -0.1) is 0 Å². The SMILES string of the molecule is CC(=NC(=N)[C@@H](C)/C=C\C(N)=O)C1CC1. The number of nitrogens with zero attached hydrogens (tertiary/aromatic N) is 1. The van der Waals surface area contributed by atoms with Crippen LogP contribution in [0.2, 0.25) is 0 Å². The highest BCUT2D eigenvalue weighted by atomic mass is 16.1. The minimum absolute atomic E-state index is 0.161. The molecule has 0 aliphatic heterocycles. The highest BCUT2D eigenvalue weighted by Gasteiger charge is 2.24. The summed E-state index contributed by atoms with van der Waals surface area (Å²) in [5.74, 6) is 0.221. The summed E-state index contributed by atoms with van der Waals surface area (Å²) in [6, 6.07) is 0. The predicted molar refractivity (Wildman–Crippen MR) is 61.1 cm³/mol. The number of rotatable bonds is 4. The summed E-state index contributed by atoms with van der Waals surface area (Å²) >= 11 is 0. The van der Waals surface area contributed by atoms with E-state index in [1.807, 2.05) is 13.8 Å². The standard InChI is InChI=1S/C11H17N3O/c1-7(3-6-10(12)15)11(13)14-8(2)9-4-5-9/h3,6-7,9,13H,4-5H2,1-2H3,(H2,12,15)/b6-3-,13-11?,14-8?/t7-/m0/s1. The van der Waals surface area contributed by atoms with Crippen LogP contribution < -0.4 is 5.73 Å². The summed E-state index contributed by atoms with van der Waals surface area (Å²) in [5.41, 5.74) is 6.00. The second-order valence-corrected chi connectivity index (χ2v) is 3.96. The zero-order valence-electron chi connectivity index (χ0n) is 9.16. The number of primary amides is 1. The van der Waals surface area contributed by atoms with Gasteiger partial charge in [0.25, 0.3) is 0 Å². The Morgan fingerprint density at radius 1 is 1.60 bits per heavy atom. The lowest BCUT2D eigenvalue weighted by atomic mass is 10.1. The molecule has 15 heavy (non-hydrogen) atoms. The van der Waals surface area contributed by atoms with Gasteiger partial charge in [0.2, 0.25) is 5.91 Å². The number of nitrogens with one attached hydrogen (secondary N) is 1. The fourth-order valence-corrected chi connectivity index (χ4v) is 1.21. The molecule has 0 bridgehead atoms. The molecule has 1 aliphatic carbocycles. The van der Waals surface area contributed by atoms with Gasteiger partial charge in [-0.1, -0.05) is 13.0 Å². The predicted octanol–water partition coefficient (Wildman–Crippen LogP) is 1.51. The Bertz CT molecular complexity index is 327. The Hall–Kier alpha value is -1.45. The summed E-state index contributed by atoms with van der Waals surface area (Å²) in [5, 5.41) is 7.70. The van der Waals surface area contributed by atoms with E-state index in [-0.39, 0.29) is 11.8 Å². The van der Waals surface area contributed by atoms with Crippen LogP contribution in [-0.4, -0.2) is 17.5 Å². The summed E-state index contributed by atoms with van der Waals surface area (Å²) in [4.78, 5) is 14.7. The van der Waals surface area contributed by atoms with E-state index in [0.29, 0.717) is 5.92 Å². The van der Waals surface area contributed by atoms with E-state index in [1.165, 1.54) is 18.9 Å². The average Bonchev–Trinajstić information content (AvgIpc) is 2.96. The van der Waals surface area contributed by atoms with Crippen molar-refractivity contribution in [1.29, 1.82) is 5.41 Å². The third-order valence-electron chi connectivity index (χ3n) is 2.45. The van der Waals surface area contributed by atoms with E-state index in [2.05, 4.69) is 4.99 Å². The van der Waals surface area contributed by atoms with Gasteiger partial charge >= 0.3 is 0 Å². The van der Waals surface area contributed by atoms with E-state index in [9.17, 15) is 4.79 Å². The molecule has 1 rings (SSSR count). The Morgan fingerprint density at radius 3 is 2.67 bits per heavy atom. The first kappa shape index (κ1) is 11.6. The van der Waals surface area contributed by atoms with Gasteiger partial charge in [-0.25, -0.2) is 4.99 Å². The molecule has 0 heterocycles. The number of amides is 1. The van der Waals surface area contributed by atoms with Crippen LogP contribution in [0.4, 0.5) is 0 Å². The molecule has 3 N–H and O–H groups in total. The van der Waals surface area contributed by atoms with Gasteiger partial charge < -0.3 is 5.73 Å². The summed E-state index contributed by atoms with van der Waals surface area (Å²) in [6.07, 6.45) is 5.26. The smallest absolute Gasteiger partial charge is 0.241 e. The fraction of sp³-hybridized carbons (Fsp3) is 0.545. The summed E-state index contributed by atoms with van der Waals surface area (Å²) in [7, 11) is 0. The van der Waals surface area contributed by atoms with E-state index in [0.717, 1.165) is 5.71 Å². The van der Waals surface area contributed by atoms with Crippen LogP contribution in [0.25, 0.3) is 0 Å². The molecule has 4 nitrogen and oxygen atoms in total. The van der Waals surface area contributed by atoms with Gasteiger partial charge in [-0.05, 0) is 31.8 Å². The van der Waals surface area contributed by atoms with Crippen molar-refractivity contribution in [3.63, 3.8) is 0 Å². The second kappa shape index (κ2) is 4.87. The molecule has 4 heteroatoms. The molecule has 1 aliphatic rings. The molecular weight excluding hydrogens is 190 g/mol. The maximum absolute atomic E-state index is 10.5. The van der Waals surface area contributed by atoms with Gasteiger partial charge in [0, 0.05) is 11.6 Å². The fourth-order valence-electron chi connectivity index (χ4n) is 1.21. The van der Waals surface area contributed by atoms with Gasteiger partial charge in [-0.3, -0.25) is 10.2 Å². The van der Waals surface area contributed by atoms with Crippen molar-refractivity contribution >= 4 is 17.5 Å². The first-order valence-electron chi connectivity index (χ1n) is 5.12. The van der Waals surface area contributed by atoms with Crippen LogP contribution in [0.5, 0.6) is 0 Å². The molecule has 1 fully saturated rings. The van der Waals surface area contributed by atoms with Crippen LogP contribution >= 0.6 is 0 Å². The number of carbonyl (C=O) groups excluding carboxylic acids is 1. The Balaban J connectivity index is 2.52. The zero-order chi connectivity index (χ0) is 11.4. The van der Waals surface area contributed by atoms with Crippen molar-refractivity contribution in [2.75, 3.05) is 0 Å². The number of aliphatic imine (C=N–C) groups is 1. The van der Waals surface area contributed by atoms with E-state index in [1.54, 1.807) is 6.08 Å². The number of amidine groups is 1. The van der Waals surface area contributed by atoms with Crippen molar-refractivity contribution in [1.82, 2.24) is 0 Å². The van der Waals surface area contributed by atoms with Gasteiger partial charge in [0.15, 0.2) is 0 Å².